The van der Waals surface area contributed by atoms with Crippen LogP contribution in [0.25, 0.3) is 0 Å². The Morgan fingerprint density at radius 2 is 2.11 bits per heavy atom. The molecular formula is C15H19NOS. The van der Waals surface area contributed by atoms with E-state index < -0.39 is 0 Å². The van der Waals surface area contributed by atoms with Crippen LogP contribution in [0.3, 0.4) is 0 Å². The SMILES string of the molecule is CCc1ccc(CNCc2cc3c(s2)CCC3)o1. The Hall–Kier alpha value is -1.06. The van der Waals surface area contributed by atoms with Crippen LogP contribution in [0.15, 0.2) is 22.6 Å². The van der Waals surface area contributed by atoms with E-state index in [0.717, 1.165) is 31.0 Å². The normalized spacial score (nSPS) is 14.1. The molecule has 0 bridgehead atoms. The summed E-state index contributed by atoms with van der Waals surface area (Å²) in [6.07, 6.45) is 4.89. The second-order valence-electron chi connectivity index (χ2n) is 4.84. The van der Waals surface area contributed by atoms with Crippen LogP contribution in [0.4, 0.5) is 0 Å². The van der Waals surface area contributed by atoms with Gasteiger partial charge in [-0.25, -0.2) is 0 Å². The molecule has 1 N–H and O–H groups in total. The smallest absolute Gasteiger partial charge is 0.117 e. The summed E-state index contributed by atoms with van der Waals surface area (Å²) < 4.78 is 5.67. The zero-order valence-corrected chi connectivity index (χ0v) is 11.6. The summed E-state index contributed by atoms with van der Waals surface area (Å²) >= 11 is 1.97. The molecule has 0 unspecified atom stereocenters. The van der Waals surface area contributed by atoms with Crippen molar-refractivity contribution in [3.8, 4) is 0 Å². The van der Waals surface area contributed by atoms with Crippen molar-refractivity contribution in [1.82, 2.24) is 5.32 Å². The quantitative estimate of drug-likeness (QED) is 0.888. The highest BCUT2D eigenvalue weighted by Gasteiger charge is 2.14. The van der Waals surface area contributed by atoms with Gasteiger partial charge in [-0.05, 0) is 43.0 Å². The molecule has 0 aromatic carbocycles. The second kappa shape index (κ2) is 5.29. The van der Waals surface area contributed by atoms with Gasteiger partial charge < -0.3 is 9.73 Å². The van der Waals surface area contributed by atoms with Gasteiger partial charge in [-0.1, -0.05) is 6.92 Å². The molecule has 96 valence electrons. The molecule has 0 amide bonds. The fraction of sp³-hybridized carbons (Fsp3) is 0.467. The first-order valence-electron chi connectivity index (χ1n) is 6.74. The molecule has 2 aromatic rings. The minimum atomic E-state index is 0.822. The molecule has 2 heterocycles. The van der Waals surface area contributed by atoms with E-state index in [0.29, 0.717) is 0 Å². The second-order valence-corrected chi connectivity index (χ2v) is 6.06. The highest BCUT2D eigenvalue weighted by Crippen LogP contribution is 2.30. The summed E-state index contributed by atoms with van der Waals surface area (Å²) in [7, 11) is 0. The van der Waals surface area contributed by atoms with Gasteiger partial charge in [-0.3, -0.25) is 0 Å². The largest absolute Gasteiger partial charge is 0.465 e. The first kappa shape index (κ1) is 12.0. The van der Waals surface area contributed by atoms with Crippen molar-refractivity contribution in [1.29, 1.82) is 0 Å². The van der Waals surface area contributed by atoms with Gasteiger partial charge >= 0.3 is 0 Å². The van der Waals surface area contributed by atoms with Crippen LogP contribution < -0.4 is 5.32 Å². The summed E-state index contributed by atoms with van der Waals surface area (Å²) in [6.45, 7) is 3.89. The third-order valence-corrected chi connectivity index (χ3v) is 4.70. The minimum absolute atomic E-state index is 0.822. The molecule has 0 fully saturated rings. The minimum Gasteiger partial charge on any atom is -0.465 e. The van der Waals surface area contributed by atoms with Crippen LogP contribution in [-0.4, -0.2) is 0 Å². The van der Waals surface area contributed by atoms with Crippen molar-refractivity contribution in [2.24, 2.45) is 0 Å². The van der Waals surface area contributed by atoms with E-state index in [1.54, 1.807) is 10.4 Å². The lowest BCUT2D eigenvalue weighted by molar-refractivity contribution is 0.451. The Kier molecular flexibility index (Phi) is 3.52. The molecule has 0 atom stereocenters. The average molecular weight is 261 g/mol. The van der Waals surface area contributed by atoms with Gasteiger partial charge in [0.1, 0.15) is 11.5 Å². The Morgan fingerprint density at radius 1 is 1.22 bits per heavy atom. The number of nitrogens with one attached hydrogen (secondary N) is 1. The number of furan rings is 1. The van der Waals surface area contributed by atoms with E-state index in [1.807, 2.05) is 11.3 Å². The van der Waals surface area contributed by atoms with Crippen LogP contribution in [0.2, 0.25) is 0 Å². The van der Waals surface area contributed by atoms with E-state index in [-0.39, 0.29) is 0 Å². The molecule has 18 heavy (non-hydrogen) atoms. The summed E-state index contributed by atoms with van der Waals surface area (Å²) in [6, 6.07) is 6.51. The summed E-state index contributed by atoms with van der Waals surface area (Å²) in [5.74, 6) is 2.11. The standard InChI is InChI=1S/C15H19NOS/c1-2-12-6-7-13(17-12)9-16-10-14-8-11-4-3-5-15(11)18-14/h6-8,16H,2-5,9-10H2,1H3. The molecule has 3 heteroatoms. The molecule has 0 saturated carbocycles. The Morgan fingerprint density at radius 3 is 2.89 bits per heavy atom. The van der Waals surface area contributed by atoms with Gasteiger partial charge in [0, 0.05) is 22.7 Å². The Balaban J connectivity index is 1.51. The molecule has 3 rings (SSSR count). The lowest BCUT2D eigenvalue weighted by atomic mass is 10.2. The highest BCUT2D eigenvalue weighted by molar-refractivity contribution is 7.12. The third kappa shape index (κ3) is 2.52. The highest BCUT2D eigenvalue weighted by atomic mass is 32.1. The van der Waals surface area contributed by atoms with Crippen molar-refractivity contribution in [3.05, 3.63) is 45.0 Å². The molecule has 0 saturated heterocycles. The maximum atomic E-state index is 5.67. The number of hydrogen-bond acceptors (Lipinski definition) is 3. The number of rotatable bonds is 5. The molecule has 0 aliphatic heterocycles. The van der Waals surface area contributed by atoms with E-state index >= 15 is 0 Å². The van der Waals surface area contributed by atoms with E-state index in [1.165, 1.54) is 24.1 Å². The predicted octanol–water partition coefficient (Wildman–Crippen LogP) is 3.68. The van der Waals surface area contributed by atoms with Crippen LogP contribution in [0.1, 0.15) is 40.2 Å². The fourth-order valence-electron chi connectivity index (χ4n) is 2.49. The maximum absolute atomic E-state index is 5.67. The topological polar surface area (TPSA) is 25.2 Å². The fourth-order valence-corrected chi connectivity index (χ4v) is 3.72. The molecule has 1 aliphatic carbocycles. The van der Waals surface area contributed by atoms with Crippen molar-refractivity contribution in [2.75, 3.05) is 0 Å². The summed E-state index contributed by atoms with van der Waals surface area (Å²) in [5.41, 5.74) is 1.59. The first-order valence-corrected chi connectivity index (χ1v) is 7.55. The van der Waals surface area contributed by atoms with Crippen molar-refractivity contribution in [3.63, 3.8) is 0 Å². The Labute approximate surface area is 112 Å². The lowest BCUT2D eigenvalue weighted by Gasteiger charge is -2.00. The van der Waals surface area contributed by atoms with Crippen LogP contribution >= 0.6 is 11.3 Å². The van der Waals surface area contributed by atoms with E-state index in [9.17, 15) is 0 Å². The maximum Gasteiger partial charge on any atom is 0.117 e. The average Bonchev–Trinajstić information content (AvgIpc) is 3.03. The van der Waals surface area contributed by atoms with Gasteiger partial charge in [0.2, 0.25) is 0 Å². The zero-order chi connectivity index (χ0) is 12.4. The molecule has 0 spiro atoms. The zero-order valence-electron chi connectivity index (χ0n) is 10.8. The van der Waals surface area contributed by atoms with Crippen LogP contribution in [0.5, 0.6) is 0 Å². The van der Waals surface area contributed by atoms with E-state index in [4.69, 9.17) is 4.42 Å². The molecular weight excluding hydrogens is 242 g/mol. The van der Waals surface area contributed by atoms with Crippen molar-refractivity contribution >= 4 is 11.3 Å². The lowest BCUT2D eigenvalue weighted by Crippen LogP contribution is -2.11. The van der Waals surface area contributed by atoms with Crippen LogP contribution in [-0.2, 0) is 32.4 Å². The van der Waals surface area contributed by atoms with Crippen LogP contribution in [0, 0.1) is 0 Å². The summed E-state index contributed by atoms with van der Waals surface area (Å²) in [4.78, 5) is 3.07. The summed E-state index contributed by atoms with van der Waals surface area (Å²) in [5, 5.41) is 3.46. The molecule has 0 radical (unpaired) electrons. The van der Waals surface area contributed by atoms with E-state index in [2.05, 4.69) is 30.4 Å². The van der Waals surface area contributed by atoms with Gasteiger partial charge in [0.05, 0.1) is 6.54 Å². The van der Waals surface area contributed by atoms with Crippen molar-refractivity contribution < 1.29 is 4.42 Å². The van der Waals surface area contributed by atoms with Crippen molar-refractivity contribution in [2.45, 2.75) is 45.7 Å². The number of thiophene rings is 1. The number of hydrogen-bond donors (Lipinski definition) is 1. The molecule has 1 aliphatic rings. The van der Waals surface area contributed by atoms with Gasteiger partial charge in [-0.2, -0.15) is 0 Å². The van der Waals surface area contributed by atoms with Gasteiger partial charge in [-0.15, -0.1) is 11.3 Å². The first-order chi connectivity index (χ1) is 8.85. The molecule has 2 nitrogen and oxygen atoms in total. The molecule has 2 aromatic heterocycles. The van der Waals surface area contributed by atoms with Gasteiger partial charge in [0.15, 0.2) is 0 Å². The third-order valence-electron chi connectivity index (χ3n) is 3.46. The number of aryl methyl sites for hydroxylation is 3. The monoisotopic (exact) mass is 261 g/mol. The van der Waals surface area contributed by atoms with Gasteiger partial charge in [0.25, 0.3) is 0 Å². The Bertz CT molecular complexity index is 505. The number of fused-ring (bicyclic) bond motifs is 1. The predicted molar refractivity (Wildman–Crippen MR) is 75.0 cm³/mol.